The Balaban J connectivity index is 1.95. The molecule has 26 heavy (non-hydrogen) atoms. The van der Waals surface area contributed by atoms with E-state index in [2.05, 4.69) is 29.6 Å². The summed E-state index contributed by atoms with van der Waals surface area (Å²) in [5.74, 6) is -0.170. The third-order valence-corrected chi connectivity index (χ3v) is 4.13. The van der Waals surface area contributed by atoms with Crippen LogP contribution in [0.5, 0.6) is 0 Å². The molecule has 0 aliphatic rings. The molecule has 0 heterocycles. The van der Waals surface area contributed by atoms with Crippen LogP contribution in [0.2, 0.25) is 0 Å². The number of quaternary nitrogens is 1. The Morgan fingerprint density at radius 3 is 2.42 bits per heavy atom. The number of aryl methyl sites for hydroxylation is 1. The third kappa shape index (κ3) is 5.29. The summed E-state index contributed by atoms with van der Waals surface area (Å²) in [5.41, 5.74) is 3.51. The van der Waals surface area contributed by atoms with Gasteiger partial charge in [0, 0.05) is 37.5 Å². The van der Waals surface area contributed by atoms with Gasteiger partial charge in [0.2, 0.25) is 0 Å². The molecule has 1 unspecified atom stereocenters. The summed E-state index contributed by atoms with van der Waals surface area (Å²) in [4.78, 5) is 25.8. The van der Waals surface area contributed by atoms with Crippen molar-refractivity contribution in [3.63, 3.8) is 0 Å². The van der Waals surface area contributed by atoms with Crippen molar-refractivity contribution >= 4 is 23.0 Å². The van der Waals surface area contributed by atoms with Crippen LogP contribution >= 0.6 is 0 Å². The molecule has 138 valence electrons. The number of non-ortho nitro benzene ring substituents is 1. The third-order valence-electron chi connectivity index (χ3n) is 4.13. The molecule has 0 spiro atoms. The zero-order valence-corrected chi connectivity index (χ0v) is 15.6. The number of anilines is 2. The second-order valence-corrected chi connectivity index (χ2v) is 6.68. The largest absolute Gasteiger partial charge is 0.378 e. The molecule has 0 aromatic heterocycles. The van der Waals surface area contributed by atoms with Gasteiger partial charge in [0.25, 0.3) is 11.6 Å². The number of nitrogens with one attached hydrogen (secondary N) is 2. The summed E-state index contributed by atoms with van der Waals surface area (Å²) in [6.45, 7) is 2.80. The molecule has 0 bridgehead atoms. The Morgan fingerprint density at radius 1 is 1.19 bits per heavy atom. The highest BCUT2D eigenvalue weighted by molar-refractivity contribution is 5.92. The van der Waals surface area contributed by atoms with Gasteiger partial charge in [-0.25, -0.2) is 0 Å². The minimum Gasteiger partial charge on any atom is -0.378 e. The van der Waals surface area contributed by atoms with Gasteiger partial charge in [-0.05, 0) is 24.6 Å². The first-order chi connectivity index (χ1) is 12.3. The number of benzene rings is 2. The van der Waals surface area contributed by atoms with Crippen LogP contribution in [0.1, 0.15) is 11.1 Å². The number of hydrogen-bond donors (Lipinski definition) is 2. The van der Waals surface area contributed by atoms with Gasteiger partial charge >= 0.3 is 0 Å². The van der Waals surface area contributed by atoms with Crippen molar-refractivity contribution in [2.24, 2.45) is 0 Å². The molecule has 2 aromatic rings. The van der Waals surface area contributed by atoms with Crippen molar-refractivity contribution < 1.29 is 14.6 Å². The zero-order valence-electron chi connectivity index (χ0n) is 15.6. The summed E-state index contributed by atoms with van der Waals surface area (Å²) in [6, 6.07) is 12.7. The van der Waals surface area contributed by atoms with E-state index in [1.54, 1.807) is 6.07 Å². The molecule has 0 radical (unpaired) electrons. The molecular weight excluding hydrogens is 332 g/mol. The van der Waals surface area contributed by atoms with Gasteiger partial charge in [0.1, 0.15) is 6.54 Å². The maximum Gasteiger partial charge on any atom is 0.279 e. The lowest BCUT2D eigenvalue weighted by Gasteiger charge is -2.16. The molecule has 2 N–H and O–H groups in total. The summed E-state index contributed by atoms with van der Waals surface area (Å²) < 4.78 is 0. The van der Waals surface area contributed by atoms with Crippen molar-refractivity contribution in [2.45, 2.75) is 13.5 Å². The Labute approximate surface area is 153 Å². The first-order valence-electron chi connectivity index (χ1n) is 8.38. The molecule has 7 heteroatoms. The number of amides is 1. The predicted molar refractivity (Wildman–Crippen MR) is 103 cm³/mol. The van der Waals surface area contributed by atoms with Gasteiger partial charge in [0.15, 0.2) is 6.54 Å². The molecule has 0 aliphatic carbocycles. The smallest absolute Gasteiger partial charge is 0.279 e. The highest BCUT2D eigenvalue weighted by Gasteiger charge is 2.14. The van der Waals surface area contributed by atoms with E-state index in [9.17, 15) is 14.9 Å². The van der Waals surface area contributed by atoms with Gasteiger partial charge in [-0.2, -0.15) is 0 Å². The molecule has 2 aromatic carbocycles. The monoisotopic (exact) mass is 357 g/mol. The molecular formula is C19H25N4O3+. The highest BCUT2D eigenvalue weighted by atomic mass is 16.6. The summed E-state index contributed by atoms with van der Waals surface area (Å²) >= 11 is 0. The molecule has 0 aliphatic heterocycles. The minimum atomic E-state index is -0.468. The Morgan fingerprint density at radius 2 is 1.85 bits per heavy atom. The van der Waals surface area contributed by atoms with Crippen LogP contribution in [0.25, 0.3) is 0 Å². The van der Waals surface area contributed by atoms with E-state index in [0.29, 0.717) is 5.69 Å². The van der Waals surface area contributed by atoms with Crippen molar-refractivity contribution in [3.05, 3.63) is 63.7 Å². The minimum absolute atomic E-state index is 0.0346. The fourth-order valence-corrected chi connectivity index (χ4v) is 2.65. The lowest BCUT2D eigenvalue weighted by molar-refractivity contribution is -0.885. The Bertz CT molecular complexity index is 788. The fraction of sp³-hybridized carbons (Fsp3) is 0.316. The van der Waals surface area contributed by atoms with Gasteiger partial charge in [-0.3, -0.25) is 14.9 Å². The lowest BCUT2D eigenvalue weighted by Crippen LogP contribution is -3.08. The van der Waals surface area contributed by atoms with E-state index in [-0.39, 0.29) is 18.1 Å². The lowest BCUT2D eigenvalue weighted by atomic mass is 10.1. The van der Waals surface area contributed by atoms with E-state index in [4.69, 9.17) is 0 Å². The van der Waals surface area contributed by atoms with Crippen LogP contribution in [0.15, 0.2) is 42.5 Å². The average Bonchev–Trinajstić information content (AvgIpc) is 2.56. The van der Waals surface area contributed by atoms with Crippen LogP contribution in [-0.4, -0.2) is 38.5 Å². The molecule has 7 nitrogen and oxygen atoms in total. The van der Waals surface area contributed by atoms with Gasteiger partial charge < -0.3 is 15.1 Å². The molecule has 0 saturated carbocycles. The van der Waals surface area contributed by atoms with Crippen LogP contribution < -0.4 is 15.1 Å². The van der Waals surface area contributed by atoms with Crippen LogP contribution in [-0.2, 0) is 11.3 Å². The van der Waals surface area contributed by atoms with E-state index in [1.165, 1.54) is 12.1 Å². The van der Waals surface area contributed by atoms with Crippen molar-refractivity contribution in [1.82, 2.24) is 0 Å². The molecule has 1 atom stereocenters. The SMILES string of the molecule is Cc1ccc([N+](=O)[O-])cc1NC(=O)C[NH+](C)Cc1ccc(N(C)C)cc1. The number of rotatable bonds is 7. The number of hydrogen-bond acceptors (Lipinski definition) is 4. The topological polar surface area (TPSA) is 79.9 Å². The Kier molecular flexibility index (Phi) is 6.30. The normalized spacial score (nSPS) is 11.7. The van der Waals surface area contributed by atoms with Crippen molar-refractivity contribution in [1.29, 1.82) is 0 Å². The standard InChI is InChI=1S/C19H24N4O3/c1-14-5-8-17(23(25)26)11-18(14)20-19(24)13-22(4)12-15-6-9-16(10-7-15)21(2)3/h5-11H,12-13H2,1-4H3,(H,20,24)/p+1. The van der Waals surface area contributed by atoms with Crippen molar-refractivity contribution in [3.8, 4) is 0 Å². The molecule has 0 fully saturated rings. The van der Waals surface area contributed by atoms with E-state index in [1.807, 2.05) is 33.0 Å². The summed E-state index contributed by atoms with van der Waals surface area (Å²) in [6.07, 6.45) is 0. The van der Waals surface area contributed by atoms with E-state index in [0.717, 1.165) is 28.3 Å². The first-order valence-corrected chi connectivity index (χ1v) is 8.38. The van der Waals surface area contributed by atoms with E-state index < -0.39 is 4.92 Å². The predicted octanol–water partition coefficient (Wildman–Crippen LogP) is 1.62. The zero-order chi connectivity index (χ0) is 19.3. The highest BCUT2D eigenvalue weighted by Crippen LogP contribution is 2.21. The maximum absolute atomic E-state index is 12.3. The second kappa shape index (κ2) is 8.44. The maximum atomic E-state index is 12.3. The number of carbonyl (C=O) groups excluding carboxylic acids is 1. The van der Waals surface area contributed by atoms with Gasteiger partial charge in [-0.15, -0.1) is 0 Å². The molecule has 0 saturated heterocycles. The molecule has 1 amide bonds. The second-order valence-electron chi connectivity index (χ2n) is 6.68. The number of nitro groups is 1. The number of nitrogens with zero attached hydrogens (tertiary/aromatic N) is 2. The summed E-state index contributed by atoms with van der Waals surface area (Å²) in [5, 5.41) is 13.7. The fourth-order valence-electron chi connectivity index (χ4n) is 2.65. The Hall–Kier alpha value is -2.93. The average molecular weight is 357 g/mol. The quantitative estimate of drug-likeness (QED) is 0.583. The van der Waals surface area contributed by atoms with Crippen LogP contribution in [0.3, 0.4) is 0 Å². The number of nitro benzene ring substituents is 1. The van der Waals surface area contributed by atoms with Crippen LogP contribution in [0.4, 0.5) is 17.1 Å². The van der Waals surface area contributed by atoms with Crippen molar-refractivity contribution in [2.75, 3.05) is 37.9 Å². The van der Waals surface area contributed by atoms with E-state index >= 15 is 0 Å². The van der Waals surface area contributed by atoms with Gasteiger partial charge in [-0.1, -0.05) is 18.2 Å². The first kappa shape index (κ1) is 19.4. The van der Waals surface area contributed by atoms with Gasteiger partial charge in [0.05, 0.1) is 17.7 Å². The molecule has 2 rings (SSSR count). The number of likely N-dealkylation sites (N-methyl/N-ethyl adjacent to an activating group) is 1. The number of carbonyl (C=O) groups is 1. The van der Waals surface area contributed by atoms with Crippen LogP contribution in [0, 0.1) is 17.0 Å². The summed E-state index contributed by atoms with van der Waals surface area (Å²) in [7, 11) is 5.93.